The van der Waals surface area contributed by atoms with Crippen LogP contribution in [0, 0.1) is 6.92 Å². The quantitative estimate of drug-likeness (QED) is 0.797. The number of benzene rings is 2. The third kappa shape index (κ3) is 3.67. The molecule has 0 saturated carbocycles. The second kappa shape index (κ2) is 7.05. The maximum absolute atomic E-state index is 6.00. The largest absolute Gasteiger partial charge is 0.493 e. The lowest BCUT2D eigenvalue weighted by molar-refractivity contribution is -0.0402. The zero-order chi connectivity index (χ0) is 16.2. The summed E-state index contributed by atoms with van der Waals surface area (Å²) < 4.78 is 17.0. The lowest BCUT2D eigenvalue weighted by atomic mass is 9.99. The Morgan fingerprint density at radius 3 is 2.65 bits per heavy atom. The van der Waals surface area contributed by atoms with Gasteiger partial charge in [-0.15, -0.1) is 0 Å². The van der Waals surface area contributed by atoms with E-state index in [9.17, 15) is 0 Å². The maximum atomic E-state index is 6.00. The number of hydrogen-bond donors (Lipinski definition) is 0. The first-order valence-corrected chi connectivity index (χ1v) is 8.27. The fraction of sp³-hybridized carbons (Fsp3) is 0.400. The highest BCUT2D eigenvalue weighted by atomic mass is 16.7. The van der Waals surface area contributed by atoms with Crippen molar-refractivity contribution in [2.75, 3.05) is 13.7 Å². The molecule has 1 aliphatic rings. The Morgan fingerprint density at radius 1 is 1.09 bits per heavy atom. The van der Waals surface area contributed by atoms with E-state index in [-0.39, 0.29) is 6.29 Å². The molecule has 1 unspecified atom stereocenters. The molecule has 3 nitrogen and oxygen atoms in total. The van der Waals surface area contributed by atoms with E-state index >= 15 is 0 Å². The van der Waals surface area contributed by atoms with Gasteiger partial charge >= 0.3 is 0 Å². The van der Waals surface area contributed by atoms with Gasteiger partial charge in [0, 0.05) is 6.42 Å². The van der Waals surface area contributed by atoms with Crippen molar-refractivity contribution in [1.29, 1.82) is 0 Å². The monoisotopic (exact) mass is 312 g/mol. The molecule has 0 aromatic heterocycles. The van der Waals surface area contributed by atoms with Gasteiger partial charge in [-0.1, -0.05) is 36.8 Å². The Bertz CT molecular complexity index is 673. The van der Waals surface area contributed by atoms with Crippen LogP contribution in [-0.4, -0.2) is 20.0 Å². The molecule has 0 radical (unpaired) electrons. The molecule has 3 heteroatoms. The predicted octanol–water partition coefficient (Wildman–Crippen LogP) is 4.75. The van der Waals surface area contributed by atoms with Crippen molar-refractivity contribution in [1.82, 2.24) is 0 Å². The predicted molar refractivity (Wildman–Crippen MR) is 92.1 cm³/mol. The highest BCUT2D eigenvalue weighted by Crippen LogP contribution is 2.35. The van der Waals surface area contributed by atoms with E-state index in [1.165, 1.54) is 16.7 Å². The molecule has 0 bridgehead atoms. The molecule has 122 valence electrons. The minimum Gasteiger partial charge on any atom is -0.493 e. The smallest absolute Gasteiger partial charge is 0.200 e. The van der Waals surface area contributed by atoms with Crippen LogP contribution in [0.1, 0.15) is 30.9 Å². The molecule has 2 aromatic carbocycles. The van der Waals surface area contributed by atoms with Crippen LogP contribution in [0.4, 0.5) is 0 Å². The van der Waals surface area contributed by atoms with Gasteiger partial charge in [0.05, 0.1) is 13.7 Å². The lowest BCUT2D eigenvalue weighted by Crippen LogP contribution is -2.14. The van der Waals surface area contributed by atoms with Crippen LogP contribution in [0.15, 0.2) is 36.4 Å². The van der Waals surface area contributed by atoms with Gasteiger partial charge in [0.25, 0.3) is 0 Å². The lowest BCUT2D eigenvalue weighted by Gasteiger charge is -2.17. The summed E-state index contributed by atoms with van der Waals surface area (Å²) in [7, 11) is 1.67. The van der Waals surface area contributed by atoms with E-state index in [2.05, 4.69) is 44.2 Å². The van der Waals surface area contributed by atoms with E-state index in [1.807, 2.05) is 6.07 Å². The van der Waals surface area contributed by atoms with E-state index in [1.54, 1.807) is 7.11 Å². The summed E-state index contributed by atoms with van der Waals surface area (Å²) in [6.07, 6.45) is 2.84. The van der Waals surface area contributed by atoms with Crippen molar-refractivity contribution in [2.45, 2.75) is 39.4 Å². The summed E-state index contributed by atoms with van der Waals surface area (Å²) in [5.41, 5.74) is 4.97. The fourth-order valence-corrected chi connectivity index (χ4v) is 2.96. The summed E-state index contributed by atoms with van der Waals surface area (Å²) in [6.45, 7) is 5.08. The molecule has 1 heterocycles. The first-order chi connectivity index (χ1) is 11.2. The van der Waals surface area contributed by atoms with E-state index < -0.39 is 0 Å². The van der Waals surface area contributed by atoms with Crippen LogP contribution >= 0.6 is 0 Å². The van der Waals surface area contributed by atoms with Crippen molar-refractivity contribution >= 4 is 0 Å². The summed E-state index contributed by atoms with van der Waals surface area (Å²) in [5.74, 6) is 1.49. The molecule has 0 aliphatic carbocycles. The minimum atomic E-state index is -0.164. The first-order valence-electron chi connectivity index (χ1n) is 8.27. The van der Waals surface area contributed by atoms with Crippen molar-refractivity contribution in [3.63, 3.8) is 0 Å². The van der Waals surface area contributed by atoms with Gasteiger partial charge in [0.15, 0.2) is 17.8 Å². The van der Waals surface area contributed by atoms with Gasteiger partial charge < -0.3 is 14.2 Å². The van der Waals surface area contributed by atoms with Crippen LogP contribution in [0.3, 0.4) is 0 Å². The molecular weight excluding hydrogens is 288 g/mol. The van der Waals surface area contributed by atoms with Crippen LogP contribution in [0.2, 0.25) is 0 Å². The molecule has 1 atom stereocenters. The van der Waals surface area contributed by atoms with Crippen LogP contribution < -0.4 is 9.47 Å². The standard InChI is InChI=1S/C20H24O3/c1-4-15-10-14(2)11-17(12-15)16-7-8-18(21-3)19(13-16)23-20-6-5-9-22-20/h7-8,10-13,20H,4-6,9H2,1-3H3. The minimum absolute atomic E-state index is 0.164. The van der Waals surface area contributed by atoms with Gasteiger partial charge in [0.1, 0.15) is 0 Å². The molecule has 0 spiro atoms. The highest BCUT2D eigenvalue weighted by Gasteiger charge is 2.19. The molecule has 3 rings (SSSR count). The summed E-state index contributed by atoms with van der Waals surface area (Å²) in [6, 6.07) is 12.8. The molecular formula is C20H24O3. The van der Waals surface area contributed by atoms with Crippen LogP contribution in [0.5, 0.6) is 11.5 Å². The highest BCUT2D eigenvalue weighted by molar-refractivity contribution is 5.68. The molecule has 0 N–H and O–H groups in total. The molecule has 0 amide bonds. The summed E-state index contributed by atoms with van der Waals surface area (Å²) in [5, 5.41) is 0. The molecule has 1 aliphatic heterocycles. The fourth-order valence-electron chi connectivity index (χ4n) is 2.96. The Kier molecular flexibility index (Phi) is 4.87. The van der Waals surface area contributed by atoms with Gasteiger partial charge in [-0.25, -0.2) is 0 Å². The molecule has 2 aromatic rings. The third-order valence-corrected chi connectivity index (χ3v) is 4.19. The van der Waals surface area contributed by atoms with E-state index in [0.717, 1.165) is 42.9 Å². The zero-order valence-electron chi connectivity index (χ0n) is 14.1. The normalized spacial score (nSPS) is 17.3. The summed E-state index contributed by atoms with van der Waals surface area (Å²) in [4.78, 5) is 0. The second-order valence-corrected chi connectivity index (χ2v) is 5.99. The molecule has 23 heavy (non-hydrogen) atoms. The Hall–Kier alpha value is -2.00. The second-order valence-electron chi connectivity index (χ2n) is 5.99. The Labute approximate surface area is 138 Å². The number of aryl methyl sites for hydroxylation is 2. The van der Waals surface area contributed by atoms with Gasteiger partial charge in [-0.3, -0.25) is 0 Å². The Balaban J connectivity index is 1.94. The SMILES string of the molecule is CCc1cc(C)cc(-c2ccc(OC)c(OC3CCCO3)c2)c1. The number of methoxy groups -OCH3 is 1. The third-order valence-electron chi connectivity index (χ3n) is 4.19. The maximum Gasteiger partial charge on any atom is 0.200 e. The first kappa shape index (κ1) is 15.9. The van der Waals surface area contributed by atoms with Crippen molar-refractivity contribution in [3.05, 3.63) is 47.5 Å². The van der Waals surface area contributed by atoms with Crippen molar-refractivity contribution in [2.24, 2.45) is 0 Å². The number of hydrogen-bond acceptors (Lipinski definition) is 3. The zero-order valence-corrected chi connectivity index (χ0v) is 14.1. The van der Waals surface area contributed by atoms with E-state index in [0.29, 0.717) is 0 Å². The number of ether oxygens (including phenoxy) is 3. The Morgan fingerprint density at radius 2 is 1.96 bits per heavy atom. The topological polar surface area (TPSA) is 27.7 Å². The van der Waals surface area contributed by atoms with Crippen molar-refractivity contribution in [3.8, 4) is 22.6 Å². The van der Waals surface area contributed by atoms with Crippen LogP contribution in [0.25, 0.3) is 11.1 Å². The van der Waals surface area contributed by atoms with Crippen LogP contribution in [-0.2, 0) is 11.2 Å². The summed E-state index contributed by atoms with van der Waals surface area (Å²) >= 11 is 0. The molecule has 1 saturated heterocycles. The van der Waals surface area contributed by atoms with Gasteiger partial charge in [0.2, 0.25) is 0 Å². The average Bonchev–Trinajstić information content (AvgIpc) is 3.07. The van der Waals surface area contributed by atoms with Gasteiger partial charge in [-0.2, -0.15) is 0 Å². The average molecular weight is 312 g/mol. The van der Waals surface area contributed by atoms with E-state index in [4.69, 9.17) is 14.2 Å². The van der Waals surface area contributed by atoms with Crippen molar-refractivity contribution < 1.29 is 14.2 Å². The molecule has 1 fully saturated rings. The van der Waals surface area contributed by atoms with Gasteiger partial charge in [-0.05, 0) is 48.6 Å². The number of rotatable bonds is 5.